The van der Waals surface area contributed by atoms with Crippen LogP contribution in [0.1, 0.15) is 35.5 Å². The Balaban J connectivity index is 1.69. The van der Waals surface area contributed by atoms with Crippen LogP contribution in [0.2, 0.25) is 0 Å². The third-order valence-corrected chi connectivity index (χ3v) is 4.61. The summed E-state index contributed by atoms with van der Waals surface area (Å²) in [7, 11) is 1.99. The van der Waals surface area contributed by atoms with Crippen LogP contribution in [-0.2, 0) is 19.9 Å². The van der Waals surface area contributed by atoms with E-state index in [1.54, 1.807) is 0 Å². The van der Waals surface area contributed by atoms with E-state index in [0.717, 1.165) is 41.4 Å². The Morgan fingerprint density at radius 3 is 2.88 bits per heavy atom. The SMILES string of the molecule is Cc1cccc(C(C)Nc2nn(C)c3c2CCc2cccnc2-3)n1. The third kappa shape index (κ3) is 2.46. The molecular formula is C19H21N5. The zero-order chi connectivity index (χ0) is 16.7. The molecule has 1 unspecified atom stereocenters. The van der Waals surface area contributed by atoms with Gasteiger partial charge in [-0.05, 0) is 50.5 Å². The molecule has 0 radical (unpaired) electrons. The van der Waals surface area contributed by atoms with Gasteiger partial charge in [0.05, 0.1) is 23.1 Å². The molecule has 1 aliphatic carbocycles. The molecule has 3 heterocycles. The van der Waals surface area contributed by atoms with Crippen LogP contribution in [-0.4, -0.2) is 19.7 Å². The Morgan fingerprint density at radius 1 is 1.17 bits per heavy atom. The molecule has 0 amide bonds. The monoisotopic (exact) mass is 319 g/mol. The maximum Gasteiger partial charge on any atom is 0.152 e. The Labute approximate surface area is 141 Å². The Morgan fingerprint density at radius 2 is 2.04 bits per heavy atom. The lowest BCUT2D eigenvalue weighted by Crippen LogP contribution is -2.12. The first-order valence-electron chi connectivity index (χ1n) is 8.33. The van der Waals surface area contributed by atoms with Crippen LogP contribution in [0, 0.1) is 6.92 Å². The van der Waals surface area contributed by atoms with Crippen molar-refractivity contribution in [3.63, 3.8) is 0 Å². The van der Waals surface area contributed by atoms with Gasteiger partial charge in [-0.2, -0.15) is 5.10 Å². The number of rotatable bonds is 3. The van der Waals surface area contributed by atoms with Crippen LogP contribution < -0.4 is 5.32 Å². The molecule has 1 atom stereocenters. The quantitative estimate of drug-likeness (QED) is 0.803. The van der Waals surface area contributed by atoms with Crippen molar-refractivity contribution in [1.82, 2.24) is 19.7 Å². The third-order valence-electron chi connectivity index (χ3n) is 4.61. The zero-order valence-electron chi connectivity index (χ0n) is 14.2. The van der Waals surface area contributed by atoms with Crippen molar-refractivity contribution in [2.24, 2.45) is 7.05 Å². The Bertz CT molecular complexity index is 897. The van der Waals surface area contributed by atoms with Crippen molar-refractivity contribution in [3.05, 3.63) is 59.0 Å². The maximum absolute atomic E-state index is 4.72. The fourth-order valence-electron chi connectivity index (χ4n) is 3.41. The summed E-state index contributed by atoms with van der Waals surface area (Å²) in [6, 6.07) is 10.4. The number of fused-ring (bicyclic) bond motifs is 3. The number of anilines is 1. The number of aromatic nitrogens is 4. The van der Waals surface area contributed by atoms with Crippen LogP contribution >= 0.6 is 0 Å². The van der Waals surface area contributed by atoms with Gasteiger partial charge in [-0.25, -0.2) is 0 Å². The number of nitrogens with zero attached hydrogens (tertiary/aromatic N) is 4. The minimum Gasteiger partial charge on any atom is -0.360 e. The van der Waals surface area contributed by atoms with Crippen molar-refractivity contribution in [3.8, 4) is 11.4 Å². The minimum atomic E-state index is 0.106. The predicted molar refractivity (Wildman–Crippen MR) is 94.9 cm³/mol. The van der Waals surface area contributed by atoms with Gasteiger partial charge in [0.2, 0.25) is 0 Å². The van der Waals surface area contributed by atoms with Crippen LogP contribution in [0.4, 0.5) is 5.82 Å². The van der Waals surface area contributed by atoms with E-state index >= 15 is 0 Å². The second-order valence-corrected chi connectivity index (χ2v) is 6.38. The van der Waals surface area contributed by atoms with Gasteiger partial charge in [0.15, 0.2) is 5.82 Å². The van der Waals surface area contributed by atoms with Gasteiger partial charge in [0.25, 0.3) is 0 Å². The molecule has 0 saturated carbocycles. The summed E-state index contributed by atoms with van der Waals surface area (Å²) in [5.41, 5.74) is 6.80. The van der Waals surface area contributed by atoms with Gasteiger partial charge in [-0.15, -0.1) is 0 Å². The van der Waals surface area contributed by atoms with E-state index in [9.17, 15) is 0 Å². The lowest BCUT2D eigenvalue weighted by Gasteiger charge is -2.18. The first-order valence-corrected chi connectivity index (χ1v) is 8.33. The number of hydrogen-bond acceptors (Lipinski definition) is 4. The average Bonchev–Trinajstić information content (AvgIpc) is 2.91. The van der Waals surface area contributed by atoms with Crippen molar-refractivity contribution in [2.45, 2.75) is 32.7 Å². The van der Waals surface area contributed by atoms with Gasteiger partial charge in [0, 0.05) is 24.5 Å². The lowest BCUT2D eigenvalue weighted by molar-refractivity contribution is 0.757. The standard InChI is InChI=1S/C19H21N5/c1-12-6-4-8-16(21-12)13(2)22-19-15-10-9-14-7-5-11-20-17(14)18(15)24(3)23-19/h4-8,11,13H,9-10H2,1-3H3,(H,22,23). The molecule has 1 aliphatic rings. The fourth-order valence-corrected chi connectivity index (χ4v) is 3.41. The molecule has 0 spiro atoms. The summed E-state index contributed by atoms with van der Waals surface area (Å²) in [5, 5.41) is 8.26. The smallest absolute Gasteiger partial charge is 0.152 e. The molecule has 0 aromatic carbocycles. The molecule has 0 bridgehead atoms. The van der Waals surface area contributed by atoms with Crippen molar-refractivity contribution >= 4 is 5.82 Å². The molecule has 3 aromatic rings. The summed E-state index contributed by atoms with van der Waals surface area (Å²) < 4.78 is 1.94. The summed E-state index contributed by atoms with van der Waals surface area (Å²) >= 11 is 0. The molecule has 0 saturated heterocycles. The van der Waals surface area contributed by atoms with Crippen LogP contribution in [0.25, 0.3) is 11.4 Å². The zero-order valence-corrected chi connectivity index (χ0v) is 14.2. The number of pyridine rings is 2. The van der Waals surface area contributed by atoms with Crippen LogP contribution in [0.15, 0.2) is 36.5 Å². The van der Waals surface area contributed by atoms with E-state index in [1.807, 2.05) is 43.0 Å². The summed E-state index contributed by atoms with van der Waals surface area (Å²) in [4.78, 5) is 9.20. The molecule has 3 aromatic heterocycles. The fraction of sp³-hybridized carbons (Fsp3) is 0.316. The maximum atomic E-state index is 4.72. The largest absolute Gasteiger partial charge is 0.360 e. The predicted octanol–water partition coefficient (Wildman–Crippen LogP) is 3.46. The second-order valence-electron chi connectivity index (χ2n) is 6.38. The highest BCUT2D eigenvalue weighted by molar-refractivity contribution is 5.72. The van der Waals surface area contributed by atoms with E-state index in [-0.39, 0.29) is 6.04 Å². The normalized spacial score (nSPS) is 14.0. The molecule has 4 rings (SSSR count). The molecule has 122 valence electrons. The second kappa shape index (κ2) is 5.74. The first-order chi connectivity index (χ1) is 11.6. The van der Waals surface area contributed by atoms with Crippen molar-refractivity contribution in [1.29, 1.82) is 0 Å². The van der Waals surface area contributed by atoms with E-state index in [0.29, 0.717) is 0 Å². The highest BCUT2D eigenvalue weighted by atomic mass is 15.3. The Kier molecular flexibility index (Phi) is 3.56. The van der Waals surface area contributed by atoms with Gasteiger partial charge in [0.1, 0.15) is 0 Å². The molecule has 1 N–H and O–H groups in total. The summed E-state index contributed by atoms with van der Waals surface area (Å²) in [6.45, 7) is 4.14. The summed E-state index contributed by atoms with van der Waals surface area (Å²) in [5.74, 6) is 0.944. The van der Waals surface area contributed by atoms with E-state index in [2.05, 4.69) is 34.3 Å². The van der Waals surface area contributed by atoms with Crippen LogP contribution in [0.5, 0.6) is 0 Å². The van der Waals surface area contributed by atoms with Gasteiger partial charge < -0.3 is 5.32 Å². The van der Waals surface area contributed by atoms with E-state index in [1.165, 1.54) is 11.1 Å². The number of nitrogens with one attached hydrogen (secondary N) is 1. The molecule has 5 heteroatoms. The molecule has 5 nitrogen and oxygen atoms in total. The van der Waals surface area contributed by atoms with E-state index in [4.69, 9.17) is 5.10 Å². The molecule has 0 fully saturated rings. The minimum absolute atomic E-state index is 0.106. The average molecular weight is 319 g/mol. The highest BCUT2D eigenvalue weighted by Crippen LogP contribution is 2.36. The van der Waals surface area contributed by atoms with E-state index < -0.39 is 0 Å². The molecular weight excluding hydrogens is 298 g/mol. The summed E-state index contributed by atoms with van der Waals surface area (Å²) in [6.07, 6.45) is 3.85. The topological polar surface area (TPSA) is 55.6 Å². The van der Waals surface area contributed by atoms with Gasteiger partial charge in [-0.1, -0.05) is 12.1 Å². The number of hydrogen-bond donors (Lipinski definition) is 1. The van der Waals surface area contributed by atoms with Crippen LogP contribution in [0.3, 0.4) is 0 Å². The number of aryl methyl sites for hydroxylation is 3. The first kappa shape index (κ1) is 14.9. The Hall–Kier alpha value is -2.69. The molecule has 0 aliphatic heterocycles. The lowest BCUT2D eigenvalue weighted by atomic mass is 9.93. The van der Waals surface area contributed by atoms with Gasteiger partial charge >= 0.3 is 0 Å². The van der Waals surface area contributed by atoms with Crippen molar-refractivity contribution in [2.75, 3.05) is 5.32 Å². The highest BCUT2D eigenvalue weighted by Gasteiger charge is 2.25. The molecule has 24 heavy (non-hydrogen) atoms. The van der Waals surface area contributed by atoms with Crippen molar-refractivity contribution < 1.29 is 0 Å². The van der Waals surface area contributed by atoms with Gasteiger partial charge in [-0.3, -0.25) is 14.6 Å².